The summed E-state index contributed by atoms with van der Waals surface area (Å²) in [4.78, 5) is -0.429. The Bertz CT molecular complexity index is 630. The zero-order chi connectivity index (χ0) is 22.4. The molecule has 0 unspecified atom stereocenters. The molecule has 2 aromatic carbocycles. The summed E-state index contributed by atoms with van der Waals surface area (Å²) in [5, 5.41) is 0. The van der Waals surface area contributed by atoms with E-state index in [0.29, 0.717) is 5.41 Å². The molecule has 2 aromatic rings. The van der Waals surface area contributed by atoms with Crippen molar-refractivity contribution in [2.75, 3.05) is 0 Å². The van der Waals surface area contributed by atoms with E-state index in [2.05, 4.69) is 81.4 Å². The van der Waals surface area contributed by atoms with Gasteiger partial charge in [-0.1, -0.05) is 133 Å². The Balaban J connectivity index is 2.10. The first kappa shape index (κ1) is 26.0. The van der Waals surface area contributed by atoms with Crippen molar-refractivity contribution in [3.05, 3.63) is 71.8 Å². The molecule has 0 aliphatic heterocycles. The first-order valence-electron chi connectivity index (χ1n) is 12.9. The summed E-state index contributed by atoms with van der Waals surface area (Å²) in [5.74, 6) is 0. The predicted octanol–water partition coefficient (Wildman–Crippen LogP) is 10.3. The van der Waals surface area contributed by atoms with Crippen LogP contribution in [-0.2, 0) is 4.87 Å². The third-order valence-corrected chi connectivity index (χ3v) is 7.75. The quantitative estimate of drug-likeness (QED) is 0.180. The molecule has 0 radical (unpaired) electrons. The van der Waals surface area contributed by atoms with Gasteiger partial charge in [0.15, 0.2) is 0 Å². The lowest BCUT2D eigenvalue weighted by Crippen LogP contribution is -2.23. The predicted molar refractivity (Wildman–Crippen MR) is 139 cm³/mol. The highest BCUT2D eigenvalue weighted by atomic mass is 35.5. The summed E-state index contributed by atoms with van der Waals surface area (Å²) >= 11 is 7.39. The molecule has 0 heterocycles. The zero-order valence-electron chi connectivity index (χ0n) is 20.3. The van der Waals surface area contributed by atoms with E-state index >= 15 is 0 Å². The van der Waals surface area contributed by atoms with Crippen LogP contribution in [0.4, 0.5) is 0 Å². The lowest BCUT2D eigenvalue weighted by molar-refractivity contribution is 0.175. The highest BCUT2D eigenvalue weighted by molar-refractivity contribution is 6.26. The molecule has 0 bridgehead atoms. The van der Waals surface area contributed by atoms with E-state index in [1.54, 1.807) is 0 Å². The van der Waals surface area contributed by atoms with E-state index in [4.69, 9.17) is 11.6 Å². The average molecular weight is 441 g/mol. The number of halogens is 1. The van der Waals surface area contributed by atoms with Crippen LogP contribution in [0.5, 0.6) is 0 Å². The standard InChI is InChI=1S/C30H45Cl/c1-4-7-22-29(23-8-5-2,24-9-6-3)25-16-17-26-30(31,27-18-12-10-13-19-27)28-20-14-11-15-21-28/h10-15,18-21H,4-9,16-17,22-26H2,1-3H3. The van der Waals surface area contributed by atoms with Gasteiger partial charge in [0.25, 0.3) is 0 Å². The van der Waals surface area contributed by atoms with Gasteiger partial charge in [-0.3, -0.25) is 0 Å². The van der Waals surface area contributed by atoms with Crippen LogP contribution >= 0.6 is 11.6 Å². The first-order chi connectivity index (χ1) is 15.1. The second-order valence-electron chi connectivity index (χ2n) is 9.55. The fourth-order valence-electron chi connectivity index (χ4n) is 5.13. The van der Waals surface area contributed by atoms with Crippen molar-refractivity contribution in [1.29, 1.82) is 0 Å². The maximum atomic E-state index is 7.39. The van der Waals surface area contributed by atoms with Crippen molar-refractivity contribution in [2.45, 2.75) is 109 Å². The van der Waals surface area contributed by atoms with Gasteiger partial charge in [0.2, 0.25) is 0 Å². The third kappa shape index (κ3) is 7.98. The number of benzene rings is 2. The molecule has 0 saturated carbocycles. The topological polar surface area (TPSA) is 0 Å². The van der Waals surface area contributed by atoms with Crippen LogP contribution in [0.25, 0.3) is 0 Å². The molecule has 0 atom stereocenters. The first-order valence-corrected chi connectivity index (χ1v) is 13.3. The molecule has 0 fully saturated rings. The largest absolute Gasteiger partial charge is 0.109 e. The monoisotopic (exact) mass is 440 g/mol. The van der Waals surface area contributed by atoms with Gasteiger partial charge in [-0.25, -0.2) is 0 Å². The van der Waals surface area contributed by atoms with E-state index < -0.39 is 4.87 Å². The summed E-state index contributed by atoms with van der Waals surface area (Å²) in [6.07, 6.45) is 17.1. The fourth-order valence-corrected chi connectivity index (χ4v) is 5.52. The SMILES string of the molecule is CCCCC(CCCC)(CCCC)CCCCC(Cl)(c1ccccc1)c1ccccc1. The van der Waals surface area contributed by atoms with Crippen molar-refractivity contribution >= 4 is 11.6 Å². The van der Waals surface area contributed by atoms with Gasteiger partial charge in [-0.2, -0.15) is 0 Å². The molecule has 0 amide bonds. The van der Waals surface area contributed by atoms with Crippen LogP contribution in [0.2, 0.25) is 0 Å². The lowest BCUT2D eigenvalue weighted by Gasteiger charge is -2.35. The number of hydrogen-bond acceptors (Lipinski definition) is 0. The Morgan fingerprint density at radius 3 is 1.26 bits per heavy atom. The van der Waals surface area contributed by atoms with E-state index in [-0.39, 0.29) is 0 Å². The molecule has 2 rings (SSSR count). The number of rotatable bonds is 16. The van der Waals surface area contributed by atoms with Crippen LogP contribution < -0.4 is 0 Å². The van der Waals surface area contributed by atoms with Crippen LogP contribution in [0.1, 0.15) is 115 Å². The van der Waals surface area contributed by atoms with Crippen molar-refractivity contribution in [3.63, 3.8) is 0 Å². The van der Waals surface area contributed by atoms with Crippen molar-refractivity contribution in [2.24, 2.45) is 5.41 Å². The number of unbranched alkanes of at least 4 members (excludes halogenated alkanes) is 4. The second kappa shape index (κ2) is 14.0. The number of alkyl halides is 1. The summed E-state index contributed by atoms with van der Waals surface area (Å²) in [6.45, 7) is 7.02. The van der Waals surface area contributed by atoms with Gasteiger partial charge in [-0.05, 0) is 48.6 Å². The molecule has 0 spiro atoms. The van der Waals surface area contributed by atoms with Gasteiger partial charge in [0.05, 0.1) is 4.87 Å². The molecule has 1 heteroatoms. The lowest BCUT2D eigenvalue weighted by atomic mass is 9.71. The summed E-state index contributed by atoms with van der Waals surface area (Å²) in [7, 11) is 0. The van der Waals surface area contributed by atoms with Crippen LogP contribution in [-0.4, -0.2) is 0 Å². The molecule has 0 aliphatic carbocycles. The summed E-state index contributed by atoms with van der Waals surface area (Å²) < 4.78 is 0. The molecule has 0 nitrogen and oxygen atoms in total. The zero-order valence-corrected chi connectivity index (χ0v) is 21.1. The molecule has 0 saturated heterocycles. The van der Waals surface area contributed by atoms with Crippen molar-refractivity contribution < 1.29 is 0 Å². The Kier molecular flexibility index (Phi) is 11.7. The molecule has 172 valence electrons. The second-order valence-corrected chi connectivity index (χ2v) is 10.2. The Morgan fingerprint density at radius 2 is 0.871 bits per heavy atom. The molecular weight excluding hydrogens is 396 g/mol. The molecule has 31 heavy (non-hydrogen) atoms. The Morgan fingerprint density at radius 1 is 0.516 bits per heavy atom. The van der Waals surface area contributed by atoms with Crippen LogP contribution in [0, 0.1) is 5.41 Å². The van der Waals surface area contributed by atoms with E-state index in [9.17, 15) is 0 Å². The van der Waals surface area contributed by atoms with Gasteiger partial charge in [0, 0.05) is 0 Å². The number of hydrogen-bond donors (Lipinski definition) is 0. The van der Waals surface area contributed by atoms with Gasteiger partial charge >= 0.3 is 0 Å². The van der Waals surface area contributed by atoms with Crippen molar-refractivity contribution in [3.8, 4) is 0 Å². The summed E-state index contributed by atoms with van der Waals surface area (Å²) in [6, 6.07) is 21.4. The average Bonchev–Trinajstić information content (AvgIpc) is 2.83. The minimum Gasteiger partial charge on any atom is -0.109 e. The maximum Gasteiger partial charge on any atom is 0.0944 e. The fraction of sp³-hybridized carbons (Fsp3) is 0.600. The van der Waals surface area contributed by atoms with Crippen LogP contribution in [0.15, 0.2) is 60.7 Å². The molecule has 0 aliphatic rings. The smallest absolute Gasteiger partial charge is 0.0944 e. The molecular formula is C30H45Cl. The van der Waals surface area contributed by atoms with Gasteiger partial charge in [0.1, 0.15) is 0 Å². The maximum absolute atomic E-state index is 7.39. The summed E-state index contributed by atoms with van der Waals surface area (Å²) in [5.41, 5.74) is 2.99. The van der Waals surface area contributed by atoms with Crippen molar-refractivity contribution in [1.82, 2.24) is 0 Å². The highest BCUT2D eigenvalue weighted by Gasteiger charge is 2.32. The normalized spacial score (nSPS) is 12.3. The van der Waals surface area contributed by atoms with Gasteiger partial charge in [-0.15, -0.1) is 11.6 Å². The Hall–Kier alpha value is -1.27. The molecule has 0 N–H and O–H groups in total. The minimum absolute atomic E-state index is 0.429. The van der Waals surface area contributed by atoms with E-state index in [1.807, 2.05) is 0 Å². The minimum atomic E-state index is -0.429. The van der Waals surface area contributed by atoms with E-state index in [0.717, 1.165) is 6.42 Å². The third-order valence-electron chi connectivity index (χ3n) is 7.12. The molecule has 0 aromatic heterocycles. The van der Waals surface area contributed by atoms with Gasteiger partial charge < -0.3 is 0 Å². The Labute approximate surface area is 197 Å². The van der Waals surface area contributed by atoms with Crippen LogP contribution in [0.3, 0.4) is 0 Å². The highest BCUT2D eigenvalue weighted by Crippen LogP contribution is 2.44. The van der Waals surface area contributed by atoms with E-state index in [1.165, 1.54) is 88.2 Å².